The number of nitrogens with two attached hydrogens (primary N) is 2. The van der Waals surface area contributed by atoms with Crippen molar-refractivity contribution in [2.45, 2.75) is 12.5 Å². The Labute approximate surface area is 77.1 Å². The molecular weight excluding hydrogens is 170 g/mol. The quantitative estimate of drug-likeness (QED) is 0.357. The van der Waals surface area contributed by atoms with Crippen LogP contribution in [-0.2, 0) is 4.74 Å². The molecule has 74 valence electrons. The fourth-order valence-corrected chi connectivity index (χ4v) is 1.23. The molecule has 0 bridgehead atoms. The second-order valence-electron chi connectivity index (χ2n) is 3.37. The number of nitrogens with zero attached hydrogens (tertiary/aromatic N) is 2. The molecule has 0 aromatic heterocycles. The van der Waals surface area contributed by atoms with Gasteiger partial charge in [-0.2, -0.15) is 4.99 Å². The van der Waals surface area contributed by atoms with E-state index in [2.05, 4.69) is 4.99 Å². The Morgan fingerprint density at radius 2 is 2.08 bits per heavy atom. The molecule has 1 fully saturated rings. The van der Waals surface area contributed by atoms with Crippen molar-refractivity contribution < 1.29 is 4.74 Å². The molecular formula is C7H15N5O. The molecule has 6 nitrogen and oxygen atoms in total. The number of methoxy groups -OCH3 is 1. The van der Waals surface area contributed by atoms with Crippen LogP contribution < -0.4 is 11.5 Å². The van der Waals surface area contributed by atoms with Gasteiger partial charge in [-0.3, -0.25) is 5.41 Å². The van der Waals surface area contributed by atoms with Crippen LogP contribution in [0.2, 0.25) is 0 Å². The van der Waals surface area contributed by atoms with Crippen molar-refractivity contribution in [3.8, 4) is 0 Å². The average Bonchev–Trinajstić information content (AvgIpc) is 1.97. The van der Waals surface area contributed by atoms with Crippen LogP contribution in [0.5, 0.6) is 0 Å². The highest BCUT2D eigenvalue weighted by Crippen LogP contribution is 2.23. The summed E-state index contributed by atoms with van der Waals surface area (Å²) in [7, 11) is 1.65. The van der Waals surface area contributed by atoms with Gasteiger partial charge in [-0.05, 0) is 6.92 Å². The highest BCUT2D eigenvalue weighted by Gasteiger charge is 2.40. The molecule has 1 saturated heterocycles. The Hall–Kier alpha value is -1.30. The highest BCUT2D eigenvalue weighted by molar-refractivity contribution is 5.92. The van der Waals surface area contributed by atoms with Gasteiger partial charge < -0.3 is 21.1 Å². The maximum atomic E-state index is 7.45. The maximum absolute atomic E-state index is 7.45. The first-order valence-corrected chi connectivity index (χ1v) is 3.95. The molecule has 6 heteroatoms. The molecule has 0 aliphatic carbocycles. The Balaban J connectivity index is 2.44. The van der Waals surface area contributed by atoms with E-state index in [0.717, 1.165) is 0 Å². The molecule has 0 amide bonds. The summed E-state index contributed by atoms with van der Waals surface area (Å²) in [5.74, 6) is 0.00513. The summed E-state index contributed by atoms with van der Waals surface area (Å²) in [6.45, 7) is 3.28. The van der Waals surface area contributed by atoms with E-state index >= 15 is 0 Å². The van der Waals surface area contributed by atoms with E-state index in [9.17, 15) is 0 Å². The minimum absolute atomic E-state index is 0.0870. The summed E-state index contributed by atoms with van der Waals surface area (Å²) in [5.41, 5.74) is 10.1. The van der Waals surface area contributed by atoms with Crippen LogP contribution in [0.4, 0.5) is 0 Å². The Morgan fingerprint density at radius 1 is 1.54 bits per heavy atom. The van der Waals surface area contributed by atoms with Crippen molar-refractivity contribution in [3.63, 3.8) is 0 Å². The van der Waals surface area contributed by atoms with Crippen molar-refractivity contribution in [1.29, 1.82) is 5.41 Å². The van der Waals surface area contributed by atoms with Crippen LogP contribution in [-0.4, -0.2) is 42.6 Å². The molecule has 0 aromatic carbocycles. The monoisotopic (exact) mass is 185 g/mol. The standard InChI is InChI=1S/C7H15N5O/c1-7(13-2)3-12(4-7)6(10)11-5(8)9/h3-4H2,1-2H3,(H5,8,9,10,11). The molecule has 0 atom stereocenters. The van der Waals surface area contributed by atoms with Gasteiger partial charge in [0.1, 0.15) is 5.60 Å². The number of rotatable bonds is 1. The normalized spacial score (nSPS) is 19.1. The first-order valence-electron chi connectivity index (χ1n) is 3.95. The summed E-state index contributed by atoms with van der Waals surface area (Å²) in [4.78, 5) is 5.36. The van der Waals surface area contributed by atoms with Crippen LogP contribution in [0.1, 0.15) is 6.92 Å². The molecule has 1 heterocycles. The lowest BCUT2D eigenvalue weighted by Crippen LogP contribution is -2.62. The lowest BCUT2D eigenvalue weighted by molar-refractivity contribution is -0.0834. The van der Waals surface area contributed by atoms with E-state index in [-0.39, 0.29) is 17.5 Å². The van der Waals surface area contributed by atoms with Gasteiger partial charge in [0, 0.05) is 7.11 Å². The fourth-order valence-electron chi connectivity index (χ4n) is 1.23. The zero-order valence-electron chi connectivity index (χ0n) is 7.87. The third kappa shape index (κ3) is 2.09. The Kier molecular flexibility index (Phi) is 2.42. The summed E-state index contributed by atoms with van der Waals surface area (Å²) < 4.78 is 5.21. The predicted octanol–water partition coefficient (Wildman–Crippen LogP) is -1.08. The lowest BCUT2D eigenvalue weighted by Gasteiger charge is -2.46. The SMILES string of the molecule is COC1(C)CN(C(=N)N=C(N)N)C1. The number of hydrogen-bond donors (Lipinski definition) is 3. The van der Waals surface area contributed by atoms with Crippen molar-refractivity contribution in [2.24, 2.45) is 16.5 Å². The van der Waals surface area contributed by atoms with Crippen LogP contribution in [0.3, 0.4) is 0 Å². The summed E-state index contributed by atoms with van der Waals surface area (Å²) in [6.07, 6.45) is 0. The minimum atomic E-state index is -0.162. The van der Waals surface area contributed by atoms with E-state index in [0.29, 0.717) is 13.1 Å². The molecule has 1 aliphatic heterocycles. The molecule has 0 unspecified atom stereocenters. The van der Waals surface area contributed by atoms with Gasteiger partial charge in [0.25, 0.3) is 0 Å². The van der Waals surface area contributed by atoms with E-state index in [1.165, 1.54) is 0 Å². The van der Waals surface area contributed by atoms with Crippen molar-refractivity contribution in [3.05, 3.63) is 0 Å². The minimum Gasteiger partial charge on any atom is -0.375 e. The summed E-state index contributed by atoms with van der Waals surface area (Å²) >= 11 is 0. The maximum Gasteiger partial charge on any atom is 0.221 e. The zero-order valence-corrected chi connectivity index (χ0v) is 7.87. The highest BCUT2D eigenvalue weighted by atomic mass is 16.5. The second-order valence-corrected chi connectivity index (χ2v) is 3.37. The number of ether oxygens (including phenoxy) is 1. The molecule has 0 saturated carbocycles. The first-order chi connectivity index (χ1) is 5.97. The van der Waals surface area contributed by atoms with Crippen LogP contribution >= 0.6 is 0 Å². The van der Waals surface area contributed by atoms with Crippen LogP contribution in [0.15, 0.2) is 4.99 Å². The lowest BCUT2D eigenvalue weighted by atomic mass is 9.97. The number of hydrogen-bond acceptors (Lipinski definition) is 2. The molecule has 13 heavy (non-hydrogen) atoms. The molecule has 1 aliphatic rings. The second kappa shape index (κ2) is 3.21. The topological polar surface area (TPSA) is 101 Å². The van der Waals surface area contributed by atoms with Crippen molar-refractivity contribution >= 4 is 11.9 Å². The van der Waals surface area contributed by atoms with Gasteiger partial charge in [0.2, 0.25) is 5.96 Å². The largest absolute Gasteiger partial charge is 0.375 e. The van der Waals surface area contributed by atoms with E-state index in [1.807, 2.05) is 6.92 Å². The number of likely N-dealkylation sites (tertiary alicyclic amines) is 1. The first kappa shape index (κ1) is 9.79. The van der Waals surface area contributed by atoms with Crippen molar-refractivity contribution in [1.82, 2.24) is 4.90 Å². The third-order valence-corrected chi connectivity index (χ3v) is 2.08. The number of nitrogens with one attached hydrogen (secondary N) is 1. The smallest absolute Gasteiger partial charge is 0.221 e. The average molecular weight is 185 g/mol. The fraction of sp³-hybridized carbons (Fsp3) is 0.714. The number of guanidine groups is 2. The Bertz CT molecular complexity index is 239. The van der Waals surface area contributed by atoms with Gasteiger partial charge in [0.15, 0.2) is 5.96 Å². The molecule has 5 N–H and O–H groups in total. The van der Waals surface area contributed by atoms with Gasteiger partial charge in [0.05, 0.1) is 13.1 Å². The molecule has 1 rings (SSSR count). The van der Waals surface area contributed by atoms with Crippen LogP contribution in [0.25, 0.3) is 0 Å². The zero-order chi connectivity index (χ0) is 10.1. The summed E-state index contributed by atoms with van der Waals surface area (Å²) in [5, 5.41) is 7.45. The molecule has 0 aromatic rings. The molecule has 0 radical (unpaired) electrons. The predicted molar refractivity (Wildman–Crippen MR) is 50.5 cm³/mol. The van der Waals surface area contributed by atoms with Gasteiger partial charge in [-0.15, -0.1) is 0 Å². The van der Waals surface area contributed by atoms with Gasteiger partial charge in [-0.1, -0.05) is 0 Å². The van der Waals surface area contributed by atoms with Crippen molar-refractivity contribution in [2.75, 3.05) is 20.2 Å². The number of aliphatic imine (C=N–C) groups is 1. The van der Waals surface area contributed by atoms with Gasteiger partial charge >= 0.3 is 0 Å². The van der Waals surface area contributed by atoms with Crippen LogP contribution in [0, 0.1) is 5.41 Å². The molecule has 0 spiro atoms. The van der Waals surface area contributed by atoms with E-state index in [4.69, 9.17) is 21.6 Å². The summed E-state index contributed by atoms with van der Waals surface area (Å²) in [6, 6.07) is 0. The van der Waals surface area contributed by atoms with E-state index < -0.39 is 0 Å². The van der Waals surface area contributed by atoms with E-state index in [1.54, 1.807) is 12.0 Å². The van der Waals surface area contributed by atoms with Gasteiger partial charge in [-0.25, -0.2) is 0 Å². The Morgan fingerprint density at radius 3 is 2.46 bits per heavy atom. The third-order valence-electron chi connectivity index (χ3n) is 2.08.